The molecular formula is C8H9NO3. The Balaban J connectivity index is 2.35. The molecule has 1 aromatic rings. The molecule has 0 aliphatic heterocycles. The predicted octanol–water partition coefficient (Wildman–Crippen LogP) is 1.02. The van der Waals surface area contributed by atoms with Gasteiger partial charge >= 0.3 is 5.97 Å². The molecule has 0 atom stereocenters. The number of esters is 1. The van der Waals surface area contributed by atoms with Gasteiger partial charge in [-0.05, 0) is 12.1 Å². The Labute approximate surface area is 69.9 Å². The first-order valence-electron chi connectivity index (χ1n) is 3.43. The minimum absolute atomic E-state index is 0.363. The Bertz CT molecular complexity index is 264. The Morgan fingerprint density at radius 1 is 1.83 bits per heavy atom. The van der Waals surface area contributed by atoms with E-state index < -0.39 is 5.97 Å². The summed E-state index contributed by atoms with van der Waals surface area (Å²) in [4.78, 5) is 14.3. The third-order valence-electron chi connectivity index (χ3n) is 1.23. The molecule has 12 heavy (non-hydrogen) atoms. The van der Waals surface area contributed by atoms with E-state index in [0.29, 0.717) is 6.54 Å². The van der Waals surface area contributed by atoms with Gasteiger partial charge in [0.25, 0.3) is 0 Å². The molecule has 0 spiro atoms. The highest BCUT2D eigenvalue weighted by atomic mass is 16.5. The van der Waals surface area contributed by atoms with Crippen molar-refractivity contribution in [2.24, 2.45) is 4.99 Å². The SMILES string of the molecule is COC(=O)C=NCc1ccco1. The number of carbonyl (C=O) groups excluding carboxylic acids is 1. The van der Waals surface area contributed by atoms with Crippen molar-refractivity contribution in [2.75, 3.05) is 7.11 Å². The molecule has 4 heteroatoms. The van der Waals surface area contributed by atoms with Crippen LogP contribution in [0.15, 0.2) is 27.8 Å². The second-order valence-corrected chi connectivity index (χ2v) is 2.07. The lowest BCUT2D eigenvalue weighted by Crippen LogP contribution is -2.00. The fourth-order valence-corrected chi connectivity index (χ4v) is 0.665. The molecule has 0 unspecified atom stereocenters. The highest BCUT2D eigenvalue weighted by molar-refractivity contribution is 6.23. The lowest BCUT2D eigenvalue weighted by atomic mass is 10.4. The molecule has 64 valence electrons. The number of aliphatic imine (C=N–C) groups is 1. The Morgan fingerprint density at radius 3 is 3.25 bits per heavy atom. The summed E-state index contributed by atoms with van der Waals surface area (Å²) in [7, 11) is 1.31. The summed E-state index contributed by atoms with van der Waals surface area (Å²) >= 11 is 0. The number of hydrogen-bond donors (Lipinski definition) is 0. The van der Waals surface area contributed by atoms with Crippen LogP contribution in [0.3, 0.4) is 0 Å². The topological polar surface area (TPSA) is 51.8 Å². The molecule has 0 aliphatic carbocycles. The zero-order valence-corrected chi connectivity index (χ0v) is 6.69. The van der Waals surface area contributed by atoms with Crippen LogP contribution in [0, 0.1) is 0 Å². The number of nitrogens with zero attached hydrogens (tertiary/aromatic N) is 1. The highest BCUT2D eigenvalue weighted by Gasteiger charge is 1.93. The molecule has 0 radical (unpaired) electrons. The van der Waals surface area contributed by atoms with Gasteiger partial charge in [-0.2, -0.15) is 0 Å². The predicted molar refractivity (Wildman–Crippen MR) is 42.9 cm³/mol. The Kier molecular flexibility index (Phi) is 3.07. The van der Waals surface area contributed by atoms with E-state index in [1.165, 1.54) is 7.11 Å². The largest absolute Gasteiger partial charge is 0.467 e. The molecule has 1 rings (SSSR count). The summed E-state index contributed by atoms with van der Waals surface area (Å²) in [6.45, 7) is 0.363. The van der Waals surface area contributed by atoms with E-state index in [4.69, 9.17) is 4.42 Å². The fraction of sp³-hybridized carbons (Fsp3) is 0.250. The van der Waals surface area contributed by atoms with Crippen molar-refractivity contribution in [2.45, 2.75) is 6.54 Å². The zero-order chi connectivity index (χ0) is 8.81. The summed E-state index contributed by atoms with van der Waals surface area (Å²) < 4.78 is 9.33. The maximum Gasteiger partial charge on any atom is 0.348 e. The molecule has 0 fully saturated rings. The van der Waals surface area contributed by atoms with Crippen LogP contribution >= 0.6 is 0 Å². The van der Waals surface area contributed by atoms with E-state index in [0.717, 1.165) is 12.0 Å². The van der Waals surface area contributed by atoms with Crippen LogP contribution in [0.25, 0.3) is 0 Å². The van der Waals surface area contributed by atoms with Crippen LogP contribution in [0.4, 0.5) is 0 Å². The average Bonchev–Trinajstić information content (AvgIpc) is 2.57. The smallest absolute Gasteiger partial charge is 0.348 e. The standard InChI is InChI=1S/C8H9NO3/c1-11-8(10)6-9-5-7-3-2-4-12-7/h2-4,6H,5H2,1H3. The number of carbonyl (C=O) groups is 1. The minimum atomic E-state index is -0.457. The van der Waals surface area contributed by atoms with E-state index in [1.54, 1.807) is 18.4 Å². The first-order valence-corrected chi connectivity index (χ1v) is 3.43. The number of methoxy groups -OCH3 is 1. The molecule has 0 N–H and O–H groups in total. The Hall–Kier alpha value is -1.58. The molecule has 0 bridgehead atoms. The maximum atomic E-state index is 10.5. The monoisotopic (exact) mass is 167 g/mol. The lowest BCUT2D eigenvalue weighted by molar-refractivity contribution is -0.132. The van der Waals surface area contributed by atoms with Crippen molar-refractivity contribution in [3.63, 3.8) is 0 Å². The third-order valence-corrected chi connectivity index (χ3v) is 1.23. The summed E-state index contributed by atoms with van der Waals surface area (Å²) in [5.74, 6) is 0.261. The van der Waals surface area contributed by atoms with Gasteiger partial charge < -0.3 is 9.15 Å². The maximum absolute atomic E-state index is 10.5. The van der Waals surface area contributed by atoms with Crippen LogP contribution in [-0.2, 0) is 16.1 Å². The Morgan fingerprint density at radius 2 is 2.67 bits per heavy atom. The second kappa shape index (κ2) is 4.33. The third kappa shape index (κ3) is 2.57. The van der Waals surface area contributed by atoms with Crippen LogP contribution < -0.4 is 0 Å². The van der Waals surface area contributed by atoms with Gasteiger partial charge in [0.05, 0.1) is 19.9 Å². The highest BCUT2D eigenvalue weighted by Crippen LogP contribution is 2.00. The molecule has 4 nitrogen and oxygen atoms in total. The van der Waals surface area contributed by atoms with Gasteiger partial charge in [-0.25, -0.2) is 4.79 Å². The number of hydrogen-bond acceptors (Lipinski definition) is 4. The number of rotatable bonds is 3. The van der Waals surface area contributed by atoms with Crippen LogP contribution in [0.2, 0.25) is 0 Å². The number of furan rings is 1. The van der Waals surface area contributed by atoms with Gasteiger partial charge in [-0.15, -0.1) is 0 Å². The van der Waals surface area contributed by atoms with Gasteiger partial charge in [-0.3, -0.25) is 4.99 Å². The zero-order valence-electron chi connectivity index (χ0n) is 6.69. The van der Waals surface area contributed by atoms with Crippen molar-refractivity contribution in [1.29, 1.82) is 0 Å². The van der Waals surface area contributed by atoms with Gasteiger partial charge in [-0.1, -0.05) is 0 Å². The number of ether oxygens (including phenoxy) is 1. The van der Waals surface area contributed by atoms with Gasteiger partial charge in [0.2, 0.25) is 0 Å². The van der Waals surface area contributed by atoms with E-state index in [2.05, 4.69) is 9.73 Å². The molecule has 1 aromatic heterocycles. The van der Waals surface area contributed by atoms with Crippen LogP contribution in [-0.4, -0.2) is 19.3 Å². The second-order valence-electron chi connectivity index (χ2n) is 2.07. The molecule has 0 amide bonds. The molecule has 0 saturated carbocycles. The minimum Gasteiger partial charge on any atom is -0.467 e. The van der Waals surface area contributed by atoms with Crippen molar-refractivity contribution in [1.82, 2.24) is 0 Å². The molecule has 0 aromatic carbocycles. The van der Waals surface area contributed by atoms with E-state index in [1.807, 2.05) is 0 Å². The summed E-state index contributed by atoms with van der Waals surface area (Å²) in [5.41, 5.74) is 0. The van der Waals surface area contributed by atoms with E-state index >= 15 is 0 Å². The molecule has 1 heterocycles. The van der Waals surface area contributed by atoms with Gasteiger partial charge in [0.1, 0.15) is 12.0 Å². The van der Waals surface area contributed by atoms with Crippen LogP contribution in [0.5, 0.6) is 0 Å². The summed E-state index contributed by atoms with van der Waals surface area (Å²) in [6, 6.07) is 3.55. The first kappa shape index (κ1) is 8.52. The molecule has 0 saturated heterocycles. The average molecular weight is 167 g/mol. The summed E-state index contributed by atoms with van der Waals surface area (Å²) in [6.07, 6.45) is 2.69. The molecule has 0 aliphatic rings. The fourth-order valence-electron chi connectivity index (χ4n) is 0.665. The van der Waals surface area contributed by atoms with E-state index in [-0.39, 0.29) is 0 Å². The first-order chi connectivity index (χ1) is 5.83. The van der Waals surface area contributed by atoms with Crippen molar-refractivity contribution in [3.8, 4) is 0 Å². The molecular weight excluding hydrogens is 158 g/mol. The van der Waals surface area contributed by atoms with Crippen molar-refractivity contribution in [3.05, 3.63) is 24.2 Å². The van der Waals surface area contributed by atoms with Gasteiger partial charge in [0.15, 0.2) is 0 Å². The normalized spacial score (nSPS) is 10.4. The lowest BCUT2D eigenvalue weighted by Gasteiger charge is -1.89. The van der Waals surface area contributed by atoms with Crippen molar-refractivity contribution < 1.29 is 13.9 Å². The van der Waals surface area contributed by atoms with Gasteiger partial charge in [0, 0.05) is 0 Å². The summed E-state index contributed by atoms with van der Waals surface area (Å²) in [5, 5.41) is 0. The van der Waals surface area contributed by atoms with E-state index in [9.17, 15) is 4.79 Å². The van der Waals surface area contributed by atoms with Crippen LogP contribution in [0.1, 0.15) is 5.76 Å². The quantitative estimate of drug-likeness (QED) is 0.499. The van der Waals surface area contributed by atoms with Crippen molar-refractivity contribution >= 4 is 12.2 Å².